The molecule has 0 saturated heterocycles. The number of nitrogens with one attached hydrogen (secondary N) is 1. The van der Waals surface area contributed by atoms with Crippen LogP contribution in [0.4, 0.5) is 11.4 Å². The lowest BCUT2D eigenvalue weighted by Gasteiger charge is -2.09. The average Bonchev–Trinajstić information content (AvgIpc) is 2.41. The first-order chi connectivity index (χ1) is 9.13. The first-order valence-corrected chi connectivity index (χ1v) is 6.47. The molecule has 1 N–H and O–H groups in total. The van der Waals surface area contributed by atoms with Crippen molar-refractivity contribution >= 4 is 38.9 Å². The molecule has 0 atom stereocenters. The molecule has 0 bridgehead atoms. The van der Waals surface area contributed by atoms with E-state index in [1.165, 1.54) is 0 Å². The van der Waals surface area contributed by atoms with Gasteiger partial charge in [-0.15, -0.1) is 0 Å². The fourth-order valence-electron chi connectivity index (χ4n) is 1.53. The van der Waals surface area contributed by atoms with E-state index in [9.17, 15) is 0 Å². The van der Waals surface area contributed by atoms with Crippen molar-refractivity contribution in [1.82, 2.24) is 0 Å². The Labute approximate surface area is 124 Å². The summed E-state index contributed by atoms with van der Waals surface area (Å²) in [5, 5.41) is 21.2. The van der Waals surface area contributed by atoms with Crippen LogP contribution in [0.2, 0.25) is 5.02 Å². The molecule has 3 nitrogen and oxygen atoms in total. The van der Waals surface area contributed by atoms with E-state index >= 15 is 0 Å². The van der Waals surface area contributed by atoms with Gasteiger partial charge in [-0.1, -0.05) is 11.6 Å². The third-order valence-corrected chi connectivity index (χ3v) is 3.44. The predicted molar refractivity (Wildman–Crippen MR) is 78.3 cm³/mol. The summed E-state index contributed by atoms with van der Waals surface area (Å²) in [7, 11) is 0. The molecule has 2 aromatic rings. The number of benzene rings is 2. The largest absolute Gasteiger partial charge is 0.355 e. The molecular formula is C14H7BrClN3. The molecule has 0 spiro atoms. The summed E-state index contributed by atoms with van der Waals surface area (Å²) in [5.74, 6) is 0. The average molecular weight is 333 g/mol. The fourth-order valence-corrected chi connectivity index (χ4v) is 2.23. The molecule has 0 aromatic heterocycles. The molecule has 19 heavy (non-hydrogen) atoms. The van der Waals surface area contributed by atoms with Gasteiger partial charge in [-0.3, -0.25) is 0 Å². The van der Waals surface area contributed by atoms with Gasteiger partial charge in [-0.2, -0.15) is 10.5 Å². The van der Waals surface area contributed by atoms with E-state index in [0.29, 0.717) is 16.1 Å². The zero-order valence-electron chi connectivity index (χ0n) is 9.61. The van der Waals surface area contributed by atoms with Gasteiger partial charge in [0.15, 0.2) is 0 Å². The van der Waals surface area contributed by atoms with Crippen molar-refractivity contribution in [3.8, 4) is 12.1 Å². The second-order valence-electron chi connectivity index (χ2n) is 3.74. The van der Waals surface area contributed by atoms with E-state index in [1.54, 1.807) is 36.4 Å². The number of halogens is 2. The molecule has 0 heterocycles. The summed E-state index contributed by atoms with van der Waals surface area (Å²) in [5.41, 5.74) is 2.61. The van der Waals surface area contributed by atoms with Crippen LogP contribution in [0.25, 0.3) is 0 Å². The SMILES string of the molecule is N#Cc1ccc(Nc2ccc(C#N)c(Cl)c2)c(Br)c1. The van der Waals surface area contributed by atoms with Crippen LogP contribution in [0.5, 0.6) is 0 Å². The van der Waals surface area contributed by atoms with Crippen molar-refractivity contribution < 1.29 is 0 Å². The fraction of sp³-hybridized carbons (Fsp3) is 0. The third-order valence-electron chi connectivity index (χ3n) is 2.47. The molecule has 0 amide bonds. The molecule has 0 aliphatic carbocycles. The number of nitrogens with zero attached hydrogens (tertiary/aromatic N) is 2. The Morgan fingerprint density at radius 2 is 1.84 bits per heavy atom. The van der Waals surface area contributed by atoms with Gasteiger partial charge < -0.3 is 5.32 Å². The Morgan fingerprint density at radius 3 is 2.42 bits per heavy atom. The van der Waals surface area contributed by atoms with Crippen molar-refractivity contribution in [1.29, 1.82) is 10.5 Å². The molecular weight excluding hydrogens is 326 g/mol. The zero-order valence-corrected chi connectivity index (χ0v) is 12.0. The maximum absolute atomic E-state index is 8.81. The summed E-state index contributed by atoms with van der Waals surface area (Å²) in [6.45, 7) is 0. The molecule has 92 valence electrons. The van der Waals surface area contributed by atoms with Crippen LogP contribution in [0.15, 0.2) is 40.9 Å². The van der Waals surface area contributed by atoms with E-state index in [0.717, 1.165) is 15.8 Å². The second-order valence-corrected chi connectivity index (χ2v) is 5.00. The molecule has 2 aromatic carbocycles. The lowest BCUT2D eigenvalue weighted by Crippen LogP contribution is -1.92. The normalized spacial score (nSPS) is 9.47. The van der Waals surface area contributed by atoms with Crippen LogP contribution < -0.4 is 5.32 Å². The lowest BCUT2D eigenvalue weighted by molar-refractivity contribution is 1.45. The Balaban J connectivity index is 2.30. The van der Waals surface area contributed by atoms with Crippen LogP contribution in [-0.4, -0.2) is 0 Å². The molecule has 2 rings (SSSR count). The predicted octanol–water partition coefficient (Wildman–Crippen LogP) is 4.59. The molecule has 5 heteroatoms. The minimum atomic E-state index is 0.400. The quantitative estimate of drug-likeness (QED) is 0.875. The maximum atomic E-state index is 8.81. The number of anilines is 2. The van der Waals surface area contributed by atoms with Crippen molar-refractivity contribution in [3.63, 3.8) is 0 Å². The molecule has 0 aliphatic heterocycles. The highest BCUT2D eigenvalue weighted by atomic mass is 79.9. The van der Waals surface area contributed by atoms with Gasteiger partial charge in [-0.25, -0.2) is 0 Å². The van der Waals surface area contributed by atoms with E-state index in [-0.39, 0.29) is 0 Å². The van der Waals surface area contributed by atoms with Gasteiger partial charge in [0.25, 0.3) is 0 Å². The number of nitriles is 2. The molecule has 0 unspecified atom stereocenters. The summed E-state index contributed by atoms with van der Waals surface area (Å²) in [6, 6.07) is 14.4. The van der Waals surface area contributed by atoms with Gasteiger partial charge in [0, 0.05) is 10.2 Å². The first kappa shape index (κ1) is 13.4. The van der Waals surface area contributed by atoms with Gasteiger partial charge >= 0.3 is 0 Å². The number of rotatable bonds is 2. The Kier molecular flexibility index (Phi) is 4.06. The van der Waals surface area contributed by atoms with Gasteiger partial charge in [0.1, 0.15) is 6.07 Å². The monoisotopic (exact) mass is 331 g/mol. The van der Waals surface area contributed by atoms with Crippen LogP contribution in [0, 0.1) is 22.7 Å². The summed E-state index contributed by atoms with van der Waals surface area (Å²) < 4.78 is 0.784. The smallest absolute Gasteiger partial charge is 0.101 e. The zero-order chi connectivity index (χ0) is 13.8. The van der Waals surface area contributed by atoms with Crippen molar-refractivity contribution in [3.05, 3.63) is 57.0 Å². The minimum Gasteiger partial charge on any atom is -0.355 e. The van der Waals surface area contributed by atoms with Gasteiger partial charge in [0.05, 0.1) is 27.9 Å². The Hall–Kier alpha value is -2.01. The van der Waals surface area contributed by atoms with Crippen molar-refractivity contribution in [2.24, 2.45) is 0 Å². The highest BCUT2D eigenvalue weighted by Crippen LogP contribution is 2.28. The summed E-state index contributed by atoms with van der Waals surface area (Å²) in [6.07, 6.45) is 0. The van der Waals surface area contributed by atoms with Gasteiger partial charge in [-0.05, 0) is 52.3 Å². The summed E-state index contributed by atoms with van der Waals surface area (Å²) in [4.78, 5) is 0. The van der Waals surface area contributed by atoms with Crippen LogP contribution >= 0.6 is 27.5 Å². The second kappa shape index (κ2) is 5.75. The van der Waals surface area contributed by atoms with Crippen molar-refractivity contribution in [2.75, 3.05) is 5.32 Å². The van der Waals surface area contributed by atoms with Crippen molar-refractivity contribution in [2.45, 2.75) is 0 Å². The molecule has 0 aliphatic rings. The highest BCUT2D eigenvalue weighted by molar-refractivity contribution is 9.10. The molecule has 0 radical (unpaired) electrons. The van der Waals surface area contributed by atoms with E-state index in [2.05, 4.69) is 27.3 Å². The standard InChI is InChI=1S/C14H7BrClN3/c15-12-5-9(7-17)1-4-14(12)19-11-3-2-10(8-18)13(16)6-11/h1-6,19H. The van der Waals surface area contributed by atoms with Crippen LogP contribution in [-0.2, 0) is 0 Å². The molecule has 0 fully saturated rings. The van der Waals surface area contributed by atoms with E-state index in [4.69, 9.17) is 22.1 Å². The molecule has 0 saturated carbocycles. The minimum absolute atomic E-state index is 0.400. The maximum Gasteiger partial charge on any atom is 0.101 e. The Morgan fingerprint density at radius 1 is 1.05 bits per heavy atom. The van der Waals surface area contributed by atoms with E-state index < -0.39 is 0 Å². The van der Waals surface area contributed by atoms with Crippen LogP contribution in [0.3, 0.4) is 0 Å². The third kappa shape index (κ3) is 3.06. The first-order valence-electron chi connectivity index (χ1n) is 5.30. The lowest BCUT2D eigenvalue weighted by atomic mass is 10.2. The highest BCUT2D eigenvalue weighted by Gasteiger charge is 2.04. The number of hydrogen-bond acceptors (Lipinski definition) is 3. The summed E-state index contributed by atoms with van der Waals surface area (Å²) >= 11 is 9.36. The Bertz CT molecular complexity index is 714. The van der Waals surface area contributed by atoms with Crippen LogP contribution in [0.1, 0.15) is 11.1 Å². The van der Waals surface area contributed by atoms with Gasteiger partial charge in [0.2, 0.25) is 0 Å². The van der Waals surface area contributed by atoms with E-state index in [1.807, 2.05) is 6.07 Å². The topological polar surface area (TPSA) is 59.6 Å². The number of hydrogen-bond donors (Lipinski definition) is 1.